The summed E-state index contributed by atoms with van der Waals surface area (Å²) in [6, 6.07) is 8.82. The van der Waals surface area contributed by atoms with Gasteiger partial charge in [0.1, 0.15) is 11.5 Å². The number of rotatable bonds is 8. The lowest BCUT2D eigenvalue weighted by atomic mass is 10.0. The first-order valence-electron chi connectivity index (χ1n) is 9.73. The second-order valence-corrected chi connectivity index (χ2v) is 9.38. The summed E-state index contributed by atoms with van der Waals surface area (Å²) in [6.45, 7) is 7.62. The van der Waals surface area contributed by atoms with E-state index >= 15 is 0 Å². The summed E-state index contributed by atoms with van der Waals surface area (Å²) in [7, 11) is -4.01. The lowest BCUT2D eigenvalue weighted by molar-refractivity contribution is -0.384. The van der Waals surface area contributed by atoms with E-state index in [9.17, 15) is 18.5 Å². The predicted octanol–water partition coefficient (Wildman–Crippen LogP) is 4.54. The van der Waals surface area contributed by atoms with Crippen molar-refractivity contribution in [3.8, 4) is 0 Å². The van der Waals surface area contributed by atoms with Crippen molar-refractivity contribution in [2.24, 2.45) is 5.92 Å². The highest BCUT2D eigenvalue weighted by Crippen LogP contribution is 2.33. The van der Waals surface area contributed by atoms with Crippen LogP contribution in [0.25, 0.3) is 0 Å². The molecule has 0 radical (unpaired) electrons. The van der Waals surface area contributed by atoms with Crippen LogP contribution in [-0.4, -0.2) is 23.3 Å². The maximum atomic E-state index is 12.9. The monoisotopic (exact) mass is 443 g/mol. The number of benzene rings is 2. The fourth-order valence-corrected chi connectivity index (χ4v) is 4.40. The first-order valence-corrected chi connectivity index (χ1v) is 11.2. The smallest absolute Gasteiger partial charge is 0.293 e. The Morgan fingerprint density at radius 2 is 1.81 bits per heavy atom. The van der Waals surface area contributed by atoms with Gasteiger partial charge < -0.3 is 10.3 Å². The predicted molar refractivity (Wildman–Crippen MR) is 120 cm³/mol. The van der Waals surface area contributed by atoms with Crippen LogP contribution >= 0.6 is 0 Å². The molecule has 31 heavy (non-hydrogen) atoms. The molecule has 1 atom stereocenters. The van der Waals surface area contributed by atoms with Crippen molar-refractivity contribution in [3.05, 3.63) is 75.9 Å². The molecule has 10 heteroatoms. The summed E-state index contributed by atoms with van der Waals surface area (Å²) in [5.41, 5.74) is 2.07. The van der Waals surface area contributed by atoms with E-state index in [4.69, 9.17) is 0 Å². The van der Waals surface area contributed by atoms with Gasteiger partial charge in [-0.1, -0.05) is 31.5 Å². The standard InChI is InChI=1S/C21H25N5O4S/c1-13(2)20(21-22-9-10-23-21)24-18-8-6-16(12-19(18)26(27)28)31(29,30)25-17-7-5-14(3)11-15(17)4/h5-13,20,24-25H,1-4H3,(H,22,23)/t20-/m1/s1. The highest BCUT2D eigenvalue weighted by Gasteiger charge is 2.25. The van der Waals surface area contributed by atoms with E-state index in [1.807, 2.05) is 26.8 Å². The fraction of sp³-hybridized carbons (Fsp3) is 0.286. The molecule has 0 saturated heterocycles. The van der Waals surface area contributed by atoms with E-state index in [0.717, 1.165) is 17.2 Å². The van der Waals surface area contributed by atoms with Gasteiger partial charge in [-0.05, 0) is 43.5 Å². The van der Waals surface area contributed by atoms with Crippen LogP contribution in [0.1, 0.15) is 36.8 Å². The Morgan fingerprint density at radius 1 is 1.10 bits per heavy atom. The minimum absolute atomic E-state index is 0.0698. The summed E-state index contributed by atoms with van der Waals surface area (Å²) in [4.78, 5) is 18.2. The number of imidazole rings is 1. The van der Waals surface area contributed by atoms with Gasteiger partial charge in [0, 0.05) is 18.5 Å². The Morgan fingerprint density at radius 3 is 2.39 bits per heavy atom. The second kappa shape index (κ2) is 8.76. The molecule has 2 aromatic carbocycles. The molecule has 0 amide bonds. The van der Waals surface area contributed by atoms with Crippen LogP contribution in [0.3, 0.4) is 0 Å². The minimum Gasteiger partial charge on any atom is -0.369 e. The van der Waals surface area contributed by atoms with E-state index in [-0.39, 0.29) is 28.2 Å². The van der Waals surface area contributed by atoms with Gasteiger partial charge in [0.2, 0.25) is 0 Å². The molecule has 0 bridgehead atoms. The molecule has 3 aromatic rings. The zero-order valence-electron chi connectivity index (χ0n) is 17.7. The van der Waals surface area contributed by atoms with Gasteiger partial charge in [-0.15, -0.1) is 0 Å². The molecule has 1 heterocycles. The highest BCUT2D eigenvalue weighted by atomic mass is 32.2. The molecule has 0 aliphatic rings. The average molecular weight is 444 g/mol. The van der Waals surface area contributed by atoms with Crippen LogP contribution in [0.5, 0.6) is 0 Å². The first kappa shape index (κ1) is 22.3. The summed E-state index contributed by atoms with van der Waals surface area (Å²) in [5.74, 6) is 0.706. The Labute approximate surface area is 181 Å². The number of nitrogens with zero attached hydrogens (tertiary/aromatic N) is 2. The quantitative estimate of drug-likeness (QED) is 0.346. The number of H-pyrrole nitrogens is 1. The van der Waals surface area contributed by atoms with Gasteiger partial charge in [-0.3, -0.25) is 14.8 Å². The van der Waals surface area contributed by atoms with Gasteiger partial charge in [0.05, 0.1) is 21.5 Å². The highest BCUT2D eigenvalue weighted by molar-refractivity contribution is 7.92. The third-order valence-corrected chi connectivity index (χ3v) is 6.26. The maximum absolute atomic E-state index is 12.9. The van der Waals surface area contributed by atoms with Gasteiger partial charge in [0.15, 0.2) is 0 Å². The van der Waals surface area contributed by atoms with Crippen molar-refractivity contribution >= 4 is 27.1 Å². The zero-order chi connectivity index (χ0) is 22.8. The van der Waals surface area contributed by atoms with Crippen molar-refractivity contribution in [1.82, 2.24) is 9.97 Å². The van der Waals surface area contributed by atoms with Crippen LogP contribution in [0.2, 0.25) is 0 Å². The summed E-state index contributed by atoms with van der Waals surface area (Å²) < 4.78 is 28.3. The number of anilines is 2. The number of aromatic amines is 1. The lowest BCUT2D eigenvalue weighted by Gasteiger charge is -2.21. The van der Waals surface area contributed by atoms with Crippen LogP contribution < -0.4 is 10.0 Å². The average Bonchev–Trinajstić information content (AvgIpc) is 3.22. The Hall–Kier alpha value is -3.40. The number of nitro groups is 1. The van der Waals surface area contributed by atoms with Crippen molar-refractivity contribution in [3.63, 3.8) is 0 Å². The lowest BCUT2D eigenvalue weighted by Crippen LogP contribution is -2.19. The van der Waals surface area contributed by atoms with Gasteiger partial charge in [-0.25, -0.2) is 13.4 Å². The van der Waals surface area contributed by atoms with Crippen LogP contribution in [0.4, 0.5) is 17.1 Å². The van der Waals surface area contributed by atoms with E-state index in [1.165, 1.54) is 12.1 Å². The topological polar surface area (TPSA) is 130 Å². The molecule has 164 valence electrons. The van der Waals surface area contributed by atoms with Crippen LogP contribution in [0.15, 0.2) is 53.7 Å². The van der Waals surface area contributed by atoms with E-state index in [2.05, 4.69) is 20.0 Å². The molecule has 0 fully saturated rings. The molecular weight excluding hydrogens is 418 g/mol. The van der Waals surface area contributed by atoms with Crippen molar-refractivity contribution < 1.29 is 13.3 Å². The third-order valence-electron chi connectivity index (χ3n) is 4.89. The number of sulfonamides is 1. The molecule has 1 aromatic heterocycles. The molecule has 9 nitrogen and oxygen atoms in total. The summed E-state index contributed by atoms with van der Waals surface area (Å²) in [5, 5.41) is 14.8. The largest absolute Gasteiger partial charge is 0.369 e. The van der Waals surface area contributed by atoms with Gasteiger partial charge in [-0.2, -0.15) is 0 Å². The van der Waals surface area contributed by atoms with Crippen LogP contribution in [0, 0.1) is 29.9 Å². The number of hydrogen-bond donors (Lipinski definition) is 3. The Kier molecular flexibility index (Phi) is 6.30. The number of aryl methyl sites for hydroxylation is 2. The first-order chi connectivity index (χ1) is 14.6. The molecule has 0 spiro atoms. The Bertz CT molecular complexity index is 1190. The van der Waals surface area contributed by atoms with Crippen molar-refractivity contribution in [2.75, 3.05) is 10.0 Å². The number of nitro benzene ring substituents is 1. The van der Waals surface area contributed by atoms with E-state index in [0.29, 0.717) is 11.5 Å². The minimum atomic E-state index is -4.01. The summed E-state index contributed by atoms with van der Waals surface area (Å²) >= 11 is 0. The number of hydrogen-bond acceptors (Lipinski definition) is 6. The molecule has 0 aliphatic heterocycles. The van der Waals surface area contributed by atoms with E-state index in [1.54, 1.807) is 31.5 Å². The van der Waals surface area contributed by atoms with Crippen molar-refractivity contribution in [2.45, 2.75) is 38.6 Å². The molecule has 3 rings (SSSR count). The second-order valence-electron chi connectivity index (χ2n) is 7.70. The molecule has 0 saturated carbocycles. The summed E-state index contributed by atoms with van der Waals surface area (Å²) in [6.07, 6.45) is 3.28. The molecule has 3 N–H and O–H groups in total. The van der Waals surface area contributed by atoms with Crippen LogP contribution in [-0.2, 0) is 10.0 Å². The van der Waals surface area contributed by atoms with E-state index < -0.39 is 14.9 Å². The van der Waals surface area contributed by atoms with Gasteiger partial charge >= 0.3 is 0 Å². The number of nitrogens with one attached hydrogen (secondary N) is 3. The normalized spacial score (nSPS) is 12.5. The number of aromatic nitrogens is 2. The SMILES string of the molecule is Cc1ccc(NS(=O)(=O)c2ccc(N[C@@H](c3ncc[nH]3)C(C)C)c([N+](=O)[O-])c2)c(C)c1. The third kappa shape index (κ3) is 5.02. The molecule has 0 aliphatic carbocycles. The maximum Gasteiger partial charge on any atom is 0.293 e. The van der Waals surface area contributed by atoms with Gasteiger partial charge in [0.25, 0.3) is 15.7 Å². The zero-order valence-corrected chi connectivity index (χ0v) is 18.5. The van der Waals surface area contributed by atoms with Crippen molar-refractivity contribution in [1.29, 1.82) is 0 Å². The Balaban J connectivity index is 1.95. The fourth-order valence-electron chi connectivity index (χ4n) is 3.25. The molecule has 0 unspecified atom stereocenters. The molecular formula is C21H25N5O4S.